The molecule has 3 fully saturated rings. The van der Waals surface area contributed by atoms with Gasteiger partial charge in [-0.2, -0.15) is 0 Å². The summed E-state index contributed by atoms with van der Waals surface area (Å²) in [6.07, 6.45) is 2.64. The van der Waals surface area contributed by atoms with E-state index >= 15 is 0 Å². The molecule has 0 heterocycles. The number of hydrogen-bond acceptors (Lipinski definition) is 2. The summed E-state index contributed by atoms with van der Waals surface area (Å²) in [5, 5.41) is 0. The van der Waals surface area contributed by atoms with Crippen molar-refractivity contribution < 1.29 is 9.53 Å². The molecule has 3 aliphatic rings. The van der Waals surface area contributed by atoms with Crippen molar-refractivity contribution in [2.24, 2.45) is 29.1 Å². The number of carbonyl (C=O) groups is 1. The molecule has 0 spiro atoms. The van der Waals surface area contributed by atoms with Crippen molar-refractivity contribution in [1.82, 2.24) is 0 Å². The zero-order valence-corrected chi connectivity index (χ0v) is 10.2. The fourth-order valence-corrected chi connectivity index (χ4v) is 3.70. The maximum absolute atomic E-state index is 10.8. The number of fused-ring (bicyclic) bond motifs is 2. The topological polar surface area (TPSA) is 26.3 Å². The van der Waals surface area contributed by atoms with Gasteiger partial charge in [0.2, 0.25) is 0 Å². The Hall–Kier alpha value is -0.530. The fraction of sp³-hybridized carbons (Fsp3) is 0.923. The predicted molar refractivity (Wildman–Crippen MR) is 59.3 cm³/mol. The van der Waals surface area contributed by atoms with Crippen molar-refractivity contribution in [2.45, 2.75) is 40.5 Å². The Labute approximate surface area is 92.4 Å². The first-order chi connectivity index (χ1) is 6.93. The number of hydrogen-bond donors (Lipinski definition) is 0. The van der Waals surface area contributed by atoms with Gasteiger partial charge in [0.05, 0.1) is 6.61 Å². The first-order valence-corrected chi connectivity index (χ1v) is 6.06. The Bertz CT molecular complexity index is 270. The molecule has 0 N–H and O–H groups in total. The lowest BCUT2D eigenvalue weighted by molar-refractivity contribution is -0.157. The lowest BCUT2D eigenvalue weighted by Gasteiger charge is -2.62. The van der Waals surface area contributed by atoms with Crippen LogP contribution in [-0.4, -0.2) is 12.6 Å². The van der Waals surface area contributed by atoms with E-state index in [2.05, 4.69) is 20.8 Å². The van der Waals surface area contributed by atoms with Gasteiger partial charge in [0.1, 0.15) is 0 Å². The summed E-state index contributed by atoms with van der Waals surface area (Å²) in [6, 6.07) is 0. The summed E-state index contributed by atoms with van der Waals surface area (Å²) in [5.41, 5.74) is 0.534. The molecule has 0 aromatic rings. The third-order valence-electron chi connectivity index (χ3n) is 5.01. The molecule has 0 radical (unpaired) electrons. The van der Waals surface area contributed by atoms with E-state index in [4.69, 9.17) is 4.74 Å². The van der Waals surface area contributed by atoms with Crippen molar-refractivity contribution in [3.8, 4) is 0 Å². The minimum absolute atomic E-state index is 0.138. The Kier molecular flexibility index (Phi) is 2.56. The van der Waals surface area contributed by atoms with Gasteiger partial charge in [-0.05, 0) is 41.9 Å². The van der Waals surface area contributed by atoms with Gasteiger partial charge in [0, 0.05) is 6.92 Å². The van der Waals surface area contributed by atoms with E-state index in [9.17, 15) is 4.79 Å². The standard InChI is InChI=1S/C13H22O2/c1-8-10(7-15-9(2)14)5-11-6-12(8)13(11,3)4/h8,10-12H,5-7H2,1-4H3/t8-,10+,11+,12+/m0/s1. The fourth-order valence-electron chi connectivity index (χ4n) is 3.70. The maximum atomic E-state index is 10.8. The highest BCUT2D eigenvalue weighted by atomic mass is 16.5. The normalized spacial score (nSPS) is 41.9. The summed E-state index contributed by atoms with van der Waals surface area (Å²) >= 11 is 0. The average Bonchev–Trinajstić information content (AvgIpc) is 2.15. The van der Waals surface area contributed by atoms with E-state index in [1.807, 2.05) is 0 Å². The lowest BCUT2D eigenvalue weighted by atomic mass is 9.43. The minimum atomic E-state index is -0.138. The number of rotatable bonds is 2. The highest BCUT2D eigenvalue weighted by Gasteiger charge is 2.56. The summed E-state index contributed by atoms with van der Waals surface area (Å²) in [5.74, 6) is 2.88. The van der Waals surface area contributed by atoms with Crippen molar-refractivity contribution >= 4 is 5.97 Å². The summed E-state index contributed by atoms with van der Waals surface area (Å²) < 4.78 is 5.15. The molecule has 4 atom stereocenters. The molecule has 3 rings (SSSR count). The monoisotopic (exact) mass is 210 g/mol. The van der Waals surface area contributed by atoms with Crippen LogP contribution in [0.2, 0.25) is 0 Å². The van der Waals surface area contributed by atoms with Crippen LogP contribution in [0.1, 0.15) is 40.5 Å². The maximum Gasteiger partial charge on any atom is 0.302 e. The average molecular weight is 210 g/mol. The van der Waals surface area contributed by atoms with Gasteiger partial charge in [0.15, 0.2) is 0 Å². The third-order valence-corrected chi connectivity index (χ3v) is 5.01. The molecule has 0 aliphatic heterocycles. The molecule has 15 heavy (non-hydrogen) atoms. The number of ether oxygens (including phenoxy) is 1. The van der Waals surface area contributed by atoms with Gasteiger partial charge in [-0.3, -0.25) is 4.79 Å². The van der Waals surface area contributed by atoms with Gasteiger partial charge in [-0.1, -0.05) is 20.8 Å². The zero-order valence-electron chi connectivity index (χ0n) is 10.2. The smallest absolute Gasteiger partial charge is 0.302 e. The molecular weight excluding hydrogens is 188 g/mol. The number of carbonyl (C=O) groups excluding carboxylic acids is 1. The Morgan fingerprint density at radius 2 is 2.07 bits per heavy atom. The second kappa shape index (κ2) is 3.50. The Morgan fingerprint density at radius 3 is 2.53 bits per heavy atom. The predicted octanol–water partition coefficient (Wildman–Crippen LogP) is 2.87. The third kappa shape index (κ3) is 1.68. The molecule has 2 heteroatoms. The van der Waals surface area contributed by atoms with Crippen LogP contribution in [-0.2, 0) is 9.53 Å². The summed E-state index contributed by atoms with van der Waals surface area (Å²) in [4.78, 5) is 10.8. The van der Waals surface area contributed by atoms with Crippen LogP contribution < -0.4 is 0 Å². The molecule has 0 aromatic carbocycles. The second-order valence-electron chi connectivity index (χ2n) is 6.02. The van der Waals surface area contributed by atoms with Crippen LogP contribution in [0.3, 0.4) is 0 Å². The molecule has 2 nitrogen and oxygen atoms in total. The molecule has 2 bridgehead atoms. The van der Waals surface area contributed by atoms with Crippen LogP contribution in [0.15, 0.2) is 0 Å². The second-order valence-corrected chi connectivity index (χ2v) is 6.02. The first-order valence-electron chi connectivity index (χ1n) is 6.06. The lowest BCUT2D eigenvalue weighted by Crippen LogP contribution is -2.55. The van der Waals surface area contributed by atoms with Crippen LogP contribution in [0.5, 0.6) is 0 Å². The van der Waals surface area contributed by atoms with E-state index in [-0.39, 0.29) is 5.97 Å². The Balaban J connectivity index is 1.93. The van der Waals surface area contributed by atoms with Gasteiger partial charge < -0.3 is 4.74 Å². The minimum Gasteiger partial charge on any atom is -0.466 e. The van der Waals surface area contributed by atoms with Crippen LogP contribution in [0.4, 0.5) is 0 Å². The summed E-state index contributed by atoms with van der Waals surface area (Å²) in [6.45, 7) is 9.25. The van der Waals surface area contributed by atoms with Gasteiger partial charge in [-0.15, -0.1) is 0 Å². The van der Waals surface area contributed by atoms with Crippen LogP contribution in [0.25, 0.3) is 0 Å². The molecule has 0 aromatic heterocycles. The molecule has 0 saturated heterocycles. The van der Waals surface area contributed by atoms with Crippen molar-refractivity contribution in [3.63, 3.8) is 0 Å². The van der Waals surface area contributed by atoms with Crippen molar-refractivity contribution in [3.05, 3.63) is 0 Å². The quantitative estimate of drug-likeness (QED) is 0.655. The van der Waals surface area contributed by atoms with E-state index in [0.717, 1.165) is 11.8 Å². The molecule has 3 aliphatic carbocycles. The molecule has 0 amide bonds. The van der Waals surface area contributed by atoms with Crippen LogP contribution in [0, 0.1) is 29.1 Å². The number of esters is 1. The van der Waals surface area contributed by atoms with E-state index in [0.29, 0.717) is 23.9 Å². The molecular formula is C13H22O2. The summed E-state index contributed by atoms with van der Waals surface area (Å²) in [7, 11) is 0. The highest BCUT2D eigenvalue weighted by molar-refractivity contribution is 5.65. The largest absolute Gasteiger partial charge is 0.466 e. The van der Waals surface area contributed by atoms with E-state index in [1.165, 1.54) is 19.8 Å². The van der Waals surface area contributed by atoms with Crippen LogP contribution >= 0.6 is 0 Å². The van der Waals surface area contributed by atoms with Crippen molar-refractivity contribution in [2.75, 3.05) is 6.61 Å². The molecule has 86 valence electrons. The van der Waals surface area contributed by atoms with Gasteiger partial charge >= 0.3 is 5.97 Å². The van der Waals surface area contributed by atoms with Gasteiger partial charge in [-0.25, -0.2) is 0 Å². The SMILES string of the molecule is CC(=O)OC[C@H]1C[C@@H]2C[C@H]([C@H]1C)C2(C)C. The molecule has 3 saturated carbocycles. The van der Waals surface area contributed by atoms with E-state index < -0.39 is 0 Å². The van der Waals surface area contributed by atoms with Crippen molar-refractivity contribution in [1.29, 1.82) is 0 Å². The van der Waals surface area contributed by atoms with Gasteiger partial charge in [0.25, 0.3) is 0 Å². The molecule has 0 unspecified atom stereocenters. The Morgan fingerprint density at radius 1 is 1.40 bits per heavy atom. The van der Waals surface area contributed by atoms with E-state index in [1.54, 1.807) is 0 Å². The zero-order chi connectivity index (χ0) is 11.2. The first kappa shape index (κ1) is 11.0. The highest BCUT2D eigenvalue weighted by Crippen LogP contribution is 2.62.